The van der Waals surface area contributed by atoms with Crippen LogP contribution in [0.1, 0.15) is 11.1 Å². The van der Waals surface area contributed by atoms with Crippen molar-refractivity contribution >= 4 is 19.5 Å². The molecular weight excluding hydrogens is 155 g/mol. The Morgan fingerprint density at radius 1 is 1.27 bits per heavy atom. The number of hydrogen-bond donors (Lipinski definition) is 0. The van der Waals surface area contributed by atoms with Crippen LogP contribution in [0.25, 0.3) is 0 Å². The quantitative estimate of drug-likeness (QED) is 0.532. The van der Waals surface area contributed by atoms with Crippen LogP contribution in [-0.2, 0) is 11.2 Å². The van der Waals surface area contributed by atoms with E-state index in [2.05, 4.69) is 6.07 Å². The Morgan fingerprint density at radius 2 is 2.09 bits per heavy atom. The number of fused-ring (bicyclic) bond motifs is 1. The number of hydrogen-bond acceptors (Lipinski definition) is 1. The van der Waals surface area contributed by atoms with Crippen LogP contribution in [0.15, 0.2) is 24.3 Å². The molecule has 2 rings (SSSR count). The zero-order chi connectivity index (χ0) is 7.68. The summed E-state index contributed by atoms with van der Waals surface area (Å²) in [4.78, 5) is 11.0. The predicted octanol–water partition coefficient (Wildman–Crippen LogP) is 1.87. The van der Waals surface area contributed by atoms with Crippen molar-refractivity contribution in [1.29, 1.82) is 0 Å². The zero-order valence-corrected chi connectivity index (χ0v) is 6.84. The van der Waals surface area contributed by atoms with E-state index in [9.17, 15) is 4.79 Å². The van der Waals surface area contributed by atoms with Gasteiger partial charge in [-0.25, -0.2) is 0 Å². The van der Waals surface area contributed by atoms with E-state index in [4.69, 9.17) is 0 Å². The molecule has 1 aromatic rings. The van der Waals surface area contributed by atoms with Crippen LogP contribution in [0.4, 0.5) is 0 Å². The van der Waals surface area contributed by atoms with E-state index >= 15 is 0 Å². The van der Waals surface area contributed by atoms with E-state index in [1.807, 2.05) is 24.0 Å². The largest absolute Gasteiger partial charge is 0.289 e. The van der Waals surface area contributed by atoms with Crippen molar-refractivity contribution in [3.8, 4) is 0 Å². The molecule has 0 atom stereocenters. The molecule has 54 valence electrons. The summed E-state index contributed by atoms with van der Waals surface area (Å²) in [5.41, 5.74) is 2.67. The van der Waals surface area contributed by atoms with Gasteiger partial charge in [0.1, 0.15) is 0 Å². The van der Waals surface area contributed by atoms with Gasteiger partial charge >= 0.3 is 0 Å². The Hall–Kier alpha value is -0.940. The van der Waals surface area contributed by atoms with Crippen LogP contribution in [0.2, 0.25) is 0 Å². The maximum atomic E-state index is 11.0. The summed E-state index contributed by atoms with van der Waals surface area (Å²) in [7, 11) is 0.838. The maximum absolute atomic E-state index is 11.0. The maximum Gasteiger partial charge on any atom is 0.185 e. The molecule has 0 saturated heterocycles. The van der Waals surface area contributed by atoms with Crippen molar-refractivity contribution < 1.29 is 4.79 Å². The lowest BCUT2D eigenvalue weighted by Crippen LogP contribution is -2.02. The standard InChI is InChI=1S/C9H7OP/c10-9-5-7-3-1-2-4-8(7)6-11-9/h1-4,6H,5H2. The molecule has 1 aliphatic heterocycles. The predicted molar refractivity (Wildman–Crippen MR) is 47.2 cm³/mol. The third kappa shape index (κ3) is 1.24. The minimum absolute atomic E-state index is 0.295. The first-order valence-electron chi connectivity index (χ1n) is 3.51. The van der Waals surface area contributed by atoms with Crippen molar-refractivity contribution in [3.05, 3.63) is 35.4 Å². The van der Waals surface area contributed by atoms with Crippen LogP contribution in [0.3, 0.4) is 0 Å². The smallest absolute Gasteiger partial charge is 0.185 e. The molecule has 0 aliphatic carbocycles. The Balaban J connectivity index is 2.54. The summed E-state index contributed by atoms with van der Waals surface area (Å²) in [6.07, 6.45) is 0.605. The van der Waals surface area contributed by atoms with Gasteiger partial charge in [-0.3, -0.25) is 4.79 Å². The fourth-order valence-electron chi connectivity index (χ4n) is 1.17. The average molecular weight is 162 g/mol. The number of rotatable bonds is 0. The minimum atomic E-state index is 0.295. The van der Waals surface area contributed by atoms with E-state index in [1.165, 1.54) is 5.56 Å². The Morgan fingerprint density at radius 3 is 3.00 bits per heavy atom. The van der Waals surface area contributed by atoms with E-state index in [-0.39, 0.29) is 0 Å². The lowest BCUT2D eigenvalue weighted by Gasteiger charge is -2.06. The molecule has 0 N–H and O–H groups in total. The molecule has 1 aromatic carbocycles. The van der Waals surface area contributed by atoms with Crippen molar-refractivity contribution in [2.24, 2.45) is 0 Å². The van der Waals surface area contributed by atoms with Gasteiger partial charge in [0.05, 0.1) is 0 Å². The monoisotopic (exact) mass is 162 g/mol. The van der Waals surface area contributed by atoms with Crippen molar-refractivity contribution in [1.82, 2.24) is 0 Å². The molecule has 0 saturated carbocycles. The van der Waals surface area contributed by atoms with Gasteiger partial charge in [-0.05, 0) is 25.1 Å². The first kappa shape index (κ1) is 6.75. The topological polar surface area (TPSA) is 17.1 Å². The van der Waals surface area contributed by atoms with Crippen molar-refractivity contribution in [2.75, 3.05) is 0 Å². The normalized spacial score (nSPS) is 16.2. The highest BCUT2D eigenvalue weighted by Crippen LogP contribution is 2.18. The van der Waals surface area contributed by atoms with Gasteiger partial charge in [0.2, 0.25) is 0 Å². The van der Waals surface area contributed by atoms with Crippen LogP contribution in [0.5, 0.6) is 0 Å². The summed E-state index contributed by atoms with van der Waals surface area (Å²) in [5, 5.41) is 0. The van der Waals surface area contributed by atoms with Crippen molar-refractivity contribution in [3.63, 3.8) is 0 Å². The average Bonchev–Trinajstić information content (AvgIpc) is 2.04. The SMILES string of the molecule is O=C1Cc2ccccc2C=P1. The van der Waals surface area contributed by atoms with E-state index < -0.39 is 0 Å². The van der Waals surface area contributed by atoms with Crippen LogP contribution >= 0.6 is 8.20 Å². The van der Waals surface area contributed by atoms with E-state index in [1.54, 1.807) is 0 Å². The Labute approximate surface area is 66.9 Å². The summed E-state index contributed by atoms with van der Waals surface area (Å²) in [5.74, 6) is 1.97. The van der Waals surface area contributed by atoms with E-state index in [0.29, 0.717) is 11.9 Å². The summed E-state index contributed by atoms with van der Waals surface area (Å²) in [6.45, 7) is 0. The number of carbonyl (C=O) groups is 1. The van der Waals surface area contributed by atoms with Gasteiger partial charge in [-0.1, -0.05) is 24.3 Å². The zero-order valence-electron chi connectivity index (χ0n) is 5.95. The molecule has 0 bridgehead atoms. The number of carbonyl (C=O) groups excluding carboxylic acids is 1. The molecule has 0 fully saturated rings. The number of benzene rings is 1. The third-order valence-electron chi connectivity index (χ3n) is 1.74. The summed E-state index contributed by atoms with van der Waals surface area (Å²) in [6, 6.07) is 8.04. The highest BCUT2D eigenvalue weighted by Gasteiger charge is 2.08. The molecule has 1 nitrogen and oxygen atoms in total. The van der Waals surface area contributed by atoms with E-state index in [0.717, 1.165) is 13.8 Å². The Bertz CT molecular complexity index is 328. The Kier molecular flexibility index (Phi) is 1.59. The summed E-state index contributed by atoms with van der Waals surface area (Å²) < 4.78 is 0. The van der Waals surface area contributed by atoms with Gasteiger partial charge < -0.3 is 0 Å². The summed E-state index contributed by atoms with van der Waals surface area (Å²) >= 11 is 0. The highest BCUT2D eigenvalue weighted by atomic mass is 31.1. The van der Waals surface area contributed by atoms with Crippen LogP contribution in [0, 0.1) is 0 Å². The minimum Gasteiger partial charge on any atom is -0.289 e. The fourth-order valence-corrected chi connectivity index (χ4v) is 1.97. The fraction of sp³-hybridized carbons (Fsp3) is 0.111. The lowest BCUT2D eigenvalue weighted by atomic mass is 10.1. The molecular formula is C9H7OP. The molecule has 2 heteroatoms. The van der Waals surface area contributed by atoms with Crippen molar-refractivity contribution in [2.45, 2.75) is 6.42 Å². The van der Waals surface area contributed by atoms with Gasteiger partial charge in [0.15, 0.2) is 5.52 Å². The highest BCUT2D eigenvalue weighted by molar-refractivity contribution is 7.58. The van der Waals surface area contributed by atoms with Gasteiger partial charge in [0, 0.05) is 6.42 Å². The molecule has 11 heavy (non-hydrogen) atoms. The first-order valence-corrected chi connectivity index (χ1v) is 4.47. The molecule has 0 unspecified atom stereocenters. The lowest BCUT2D eigenvalue weighted by molar-refractivity contribution is -0.110. The second kappa shape index (κ2) is 2.60. The first-order chi connectivity index (χ1) is 5.36. The molecule has 0 amide bonds. The van der Waals surface area contributed by atoms with Crippen LogP contribution < -0.4 is 0 Å². The van der Waals surface area contributed by atoms with Gasteiger partial charge in [0.25, 0.3) is 0 Å². The second-order valence-electron chi connectivity index (χ2n) is 2.53. The van der Waals surface area contributed by atoms with Gasteiger partial charge in [-0.15, -0.1) is 0 Å². The molecule has 0 radical (unpaired) electrons. The second-order valence-corrected chi connectivity index (χ2v) is 3.54. The molecule has 1 aliphatic rings. The molecule has 0 spiro atoms. The molecule has 1 heterocycles. The van der Waals surface area contributed by atoms with Crippen LogP contribution in [-0.4, -0.2) is 11.3 Å². The molecule has 0 aromatic heterocycles. The van der Waals surface area contributed by atoms with Gasteiger partial charge in [-0.2, -0.15) is 0 Å². The third-order valence-corrected chi connectivity index (χ3v) is 2.60.